The minimum atomic E-state index is 0.253. The van der Waals surface area contributed by atoms with Gasteiger partial charge in [0.1, 0.15) is 0 Å². The third kappa shape index (κ3) is 4.81. The predicted molar refractivity (Wildman–Crippen MR) is 83.7 cm³/mol. The van der Waals surface area contributed by atoms with Gasteiger partial charge in [-0.05, 0) is 42.9 Å². The molecule has 1 aliphatic carbocycles. The summed E-state index contributed by atoms with van der Waals surface area (Å²) in [6.07, 6.45) is 10.4. The Morgan fingerprint density at radius 3 is 2.53 bits per heavy atom. The van der Waals surface area contributed by atoms with Gasteiger partial charge in [-0.15, -0.1) is 0 Å². The molecule has 1 nitrogen and oxygen atoms in total. The molecule has 1 saturated carbocycles. The zero-order valence-electron chi connectivity index (χ0n) is 12.0. The van der Waals surface area contributed by atoms with Crippen LogP contribution >= 0.6 is 11.6 Å². The molecular formula is C17H26ClN. The highest BCUT2D eigenvalue weighted by Crippen LogP contribution is 2.27. The monoisotopic (exact) mass is 279 g/mol. The van der Waals surface area contributed by atoms with Gasteiger partial charge in [-0.3, -0.25) is 0 Å². The average Bonchev–Trinajstić information content (AvgIpc) is 2.61. The third-order valence-corrected chi connectivity index (χ3v) is 4.65. The Hall–Kier alpha value is -0.530. The normalized spacial score (nSPS) is 19.1. The number of benzene rings is 1. The van der Waals surface area contributed by atoms with Gasteiger partial charge in [0.2, 0.25) is 0 Å². The Labute approximate surface area is 122 Å². The molecule has 0 spiro atoms. The molecule has 0 aromatic heterocycles. The lowest BCUT2D eigenvalue weighted by Crippen LogP contribution is -2.26. The van der Waals surface area contributed by atoms with Crippen LogP contribution in [0.25, 0.3) is 0 Å². The highest BCUT2D eigenvalue weighted by Gasteiger charge is 2.16. The zero-order chi connectivity index (χ0) is 13.7. The summed E-state index contributed by atoms with van der Waals surface area (Å²) >= 11 is 6.29. The van der Waals surface area contributed by atoms with E-state index in [1.54, 1.807) is 0 Å². The van der Waals surface area contributed by atoms with Crippen molar-refractivity contribution in [1.29, 1.82) is 0 Å². The molecule has 2 heteroatoms. The Morgan fingerprint density at radius 1 is 1.21 bits per heavy atom. The van der Waals surface area contributed by atoms with Crippen molar-refractivity contribution in [3.63, 3.8) is 0 Å². The molecule has 0 radical (unpaired) electrons. The van der Waals surface area contributed by atoms with Crippen LogP contribution in [0.5, 0.6) is 0 Å². The minimum Gasteiger partial charge on any atom is -0.327 e. The van der Waals surface area contributed by atoms with E-state index in [-0.39, 0.29) is 6.04 Å². The second kappa shape index (κ2) is 7.31. The molecule has 2 N–H and O–H groups in total. The van der Waals surface area contributed by atoms with Crippen LogP contribution in [-0.2, 0) is 6.42 Å². The van der Waals surface area contributed by atoms with Gasteiger partial charge in [-0.2, -0.15) is 0 Å². The van der Waals surface area contributed by atoms with E-state index in [1.807, 2.05) is 6.07 Å². The Morgan fingerprint density at radius 2 is 1.89 bits per heavy atom. The van der Waals surface area contributed by atoms with Crippen LogP contribution in [0.4, 0.5) is 0 Å². The maximum absolute atomic E-state index is 6.34. The Kier molecular flexibility index (Phi) is 5.72. The lowest BCUT2D eigenvalue weighted by molar-refractivity contribution is 0.387. The van der Waals surface area contributed by atoms with E-state index in [2.05, 4.69) is 19.1 Å². The number of aryl methyl sites for hydroxylation is 1. The van der Waals surface area contributed by atoms with Crippen LogP contribution in [0.15, 0.2) is 18.2 Å². The van der Waals surface area contributed by atoms with Crippen LogP contribution in [0.1, 0.15) is 56.1 Å². The van der Waals surface area contributed by atoms with Crippen molar-refractivity contribution in [3.8, 4) is 0 Å². The quantitative estimate of drug-likeness (QED) is 0.781. The van der Waals surface area contributed by atoms with Crippen molar-refractivity contribution in [2.24, 2.45) is 11.7 Å². The van der Waals surface area contributed by atoms with Crippen LogP contribution in [0.2, 0.25) is 5.02 Å². The molecule has 1 aliphatic rings. The molecule has 1 unspecified atom stereocenters. The summed E-state index contributed by atoms with van der Waals surface area (Å²) in [4.78, 5) is 0. The molecule has 2 rings (SSSR count). The summed E-state index contributed by atoms with van der Waals surface area (Å²) in [6.45, 7) is 2.07. The lowest BCUT2D eigenvalue weighted by Gasteiger charge is -2.20. The molecular weight excluding hydrogens is 254 g/mol. The second-order valence-electron chi connectivity index (χ2n) is 6.15. The smallest absolute Gasteiger partial charge is 0.0441 e. The fourth-order valence-electron chi connectivity index (χ4n) is 3.21. The number of halogens is 1. The van der Waals surface area contributed by atoms with E-state index in [4.69, 9.17) is 17.3 Å². The molecule has 1 aromatic carbocycles. The highest BCUT2D eigenvalue weighted by atomic mass is 35.5. The Balaban J connectivity index is 1.87. The molecule has 1 aromatic rings. The summed E-state index contributed by atoms with van der Waals surface area (Å²) in [5.41, 5.74) is 8.75. The van der Waals surface area contributed by atoms with Gasteiger partial charge >= 0.3 is 0 Å². The topological polar surface area (TPSA) is 26.0 Å². The molecule has 0 heterocycles. The first-order valence-electron chi connectivity index (χ1n) is 7.66. The molecule has 0 aliphatic heterocycles. The SMILES string of the molecule is Cc1ccc(CC(N)CC2CCCCCC2)c(Cl)c1. The van der Waals surface area contributed by atoms with Gasteiger partial charge in [0.15, 0.2) is 0 Å². The second-order valence-corrected chi connectivity index (χ2v) is 6.56. The van der Waals surface area contributed by atoms with Gasteiger partial charge in [0.05, 0.1) is 0 Å². The fourth-order valence-corrected chi connectivity index (χ4v) is 3.52. The third-order valence-electron chi connectivity index (χ3n) is 4.30. The first-order valence-corrected chi connectivity index (χ1v) is 8.03. The van der Waals surface area contributed by atoms with Crippen LogP contribution < -0.4 is 5.73 Å². The van der Waals surface area contributed by atoms with Crippen molar-refractivity contribution >= 4 is 11.6 Å². The maximum atomic E-state index is 6.34. The van der Waals surface area contributed by atoms with Crippen molar-refractivity contribution < 1.29 is 0 Å². The lowest BCUT2D eigenvalue weighted by atomic mass is 9.90. The molecule has 0 bridgehead atoms. The van der Waals surface area contributed by atoms with Crippen LogP contribution in [0.3, 0.4) is 0 Å². The number of hydrogen-bond acceptors (Lipinski definition) is 1. The summed E-state index contributed by atoms with van der Waals surface area (Å²) < 4.78 is 0. The molecule has 106 valence electrons. The van der Waals surface area contributed by atoms with Crippen molar-refractivity contribution in [2.45, 2.75) is 64.3 Å². The van der Waals surface area contributed by atoms with Crippen LogP contribution in [0, 0.1) is 12.8 Å². The summed E-state index contributed by atoms with van der Waals surface area (Å²) in [6, 6.07) is 6.54. The van der Waals surface area contributed by atoms with Gasteiger partial charge in [-0.25, -0.2) is 0 Å². The minimum absolute atomic E-state index is 0.253. The standard InChI is InChI=1S/C17H26ClN/c1-13-8-9-15(17(18)10-13)12-16(19)11-14-6-4-2-3-5-7-14/h8-10,14,16H,2-7,11-12,19H2,1H3. The summed E-state index contributed by atoms with van der Waals surface area (Å²) in [5, 5.41) is 0.872. The first-order chi connectivity index (χ1) is 9.15. The summed E-state index contributed by atoms with van der Waals surface area (Å²) in [5.74, 6) is 0.835. The zero-order valence-corrected chi connectivity index (χ0v) is 12.8. The van der Waals surface area contributed by atoms with Gasteiger partial charge < -0.3 is 5.73 Å². The van der Waals surface area contributed by atoms with Crippen molar-refractivity contribution in [1.82, 2.24) is 0 Å². The Bertz CT molecular complexity index is 394. The van der Waals surface area contributed by atoms with E-state index in [1.165, 1.54) is 49.7 Å². The predicted octanol–water partition coefficient (Wildman–Crippen LogP) is 4.88. The van der Waals surface area contributed by atoms with E-state index >= 15 is 0 Å². The average molecular weight is 280 g/mol. The molecule has 19 heavy (non-hydrogen) atoms. The number of rotatable bonds is 4. The van der Waals surface area contributed by atoms with Crippen molar-refractivity contribution in [2.75, 3.05) is 0 Å². The largest absolute Gasteiger partial charge is 0.327 e. The van der Waals surface area contributed by atoms with Crippen molar-refractivity contribution in [3.05, 3.63) is 34.3 Å². The van der Waals surface area contributed by atoms with E-state index in [0.29, 0.717) is 0 Å². The van der Waals surface area contributed by atoms with E-state index < -0.39 is 0 Å². The molecule has 0 amide bonds. The molecule has 1 atom stereocenters. The van der Waals surface area contributed by atoms with E-state index in [0.717, 1.165) is 23.8 Å². The van der Waals surface area contributed by atoms with Gasteiger partial charge in [0.25, 0.3) is 0 Å². The van der Waals surface area contributed by atoms with E-state index in [9.17, 15) is 0 Å². The first kappa shape index (κ1) is 14.9. The maximum Gasteiger partial charge on any atom is 0.0441 e. The molecule has 0 saturated heterocycles. The fraction of sp³-hybridized carbons (Fsp3) is 0.647. The number of hydrogen-bond donors (Lipinski definition) is 1. The van der Waals surface area contributed by atoms with Crippen LogP contribution in [-0.4, -0.2) is 6.04 Å². The van der Waals surface area contributed by atoms with Gasteiger partial charge in [-0.1, -0.05) is 62.3 Å². The highest BCUT2D eigenvalue weighted by molar-refractivity contribution is 6.31. The summed E-state index contributed by atoms with van der Waals surface area (Å²) in [7, 11) is 0. The molecule has 1 fully saturated rings. The van der Waals surface area contributed by atoms with Gasteiger partial charge in [0, 0.05) is 11.1 Å². The number of nitrogens with two attached hydrogens (primary N) is 1.